The lowest BCUT2D eigenvalue weighted by atomic mass is 10.1. The molecular formula is C22H25N5O3S. The summed E-state index contributed by atoms with van der Waals surface area (Å²) in [4.78, 5) is 37.8. The minimum atomic E-state index is -0.514. The molecule has 0 aliphatic carbocycles. The number of hydrogen-bond acceptors (Lipinski definition) is 6. The van der Waals surface area contributed by atoms with Crippen LogP contribution in [0.1, 0.15) is 41.9 Å². The number of pyridine rings is 1. The smallest absolute Gasteiger partial charge is 0.410 e. The molecule has 31 heavy (non-hydrogen) atoms. The molecule has 0 fully saturated rings. The highest BCUT2D eigenvalue weighted by Gasteiger charge is 2.25. The first-order valence-electron chi connectivity index (χ1n) is 10.1. The quantitative estimate of drug-likeness (QED) is 0.614. The van der Waals surface area contributed by atoms with Crippen LogP contribution in [0.5, 0.6) is 0 Å². The Hall–Kier alpha value is -3.20. The summed E-state index contributed by atoms with van der Waals surface area (Å²) >= 11 is 1.37. The van der Waals surface area contributed by atoms with Crippen molar-refractivity contribution in [2.75, 3.05) is 25.0 Å². The Balaban J connectivity index is 1.44. The maximum Gasteiger partial charge on any atom is 0.410 e. The molecule has 0 N–H and O–H groups in total. The molecule has 4 heterocycles. The predicted molar refractivity (Wildman–Crippen MR) is 120 cm³/mol. The molecule has 0 radical (unpaired) electrons. The summed E-state index contributed by atoms with van der Waals surface area (Å²) < 4.78 is 7.32. The fourth-order valence-electron chi connectivity index (χ4n) is 3.27. The molecule has 0 saturated heterocycles. The van der Waals surface area contributed by atoms with Crippen molar-refractivity contribution in [3.63, 3.8) is 0 Å². The van der Waals surface area contributed by atoms with Gasteiger partial charge in [-0.3, -0.25) is 4.79 Å². The Morgan fingerprint density at radius 2 is 2.03 bits per heavy atom. The number of amides is 2. The van der Waals surface area contributed by atoms with Gasteiger partial charge in [0.1, 0.15) is 21.1 Å². The molecule has 8 nitrogen and oxygen atoms in total. The van der Waals surface area contributed by atoms with Gasteiger partial charge < -0.3 is 18.9 Å². The van der Waals surface area contributed by atoms with Gasteiger partial charge >= 0.3 is 6.09 Å². The fraction of sp³-hybridized carbons (Fsp3) is 0.364. The Morgan fingerprint density at radius 3 is 2.74 bits per heavy atom. The van der Waals surface area contributed by atoms with Crippen molar-refractivity contribution in [3.8, 4) is 0 Å². The highest BCUT2D eigenvalue weighted by atomic mass is 32.1. The van der Waals surface area contributed by atoms with Gasteiger partial charge in [0.05, 0.1) is 6.20 Å². The van der Waals surface area contributed by atoms with Crippen molar-refractivity contribution in [1.29, 1.82) is 0 Å². The van der Waals surface area contributed by atoms with Crippen molar-refractivity contribution >= 4 is 40.2 Å². The van der Waals surface area contributed by atoms with Crippen molar-refractivity contribution in [2.45, 2.75) is 32.8 Å². The van der Waals surface area contributed by atoms with E-state index in [1.165, 1.54) is 11.3 Å². The van der Waals surface area contributed by atoms with E-state index in [9.17, 15) is 9.59 Å². The molecule has 2 amide bonds. The maximum absolute atomic E-state index is 13.0. The number of ether oxygens (including phenoxy) is 1. The summed E-state index contributed by atoms with van der Waals surface area (Å²) in [7, 11) is 1.75. The van der Waals surface area contributed by atoms with Gasteiger partial charge in [-0.1, -0.05) is 6.08 Å². The van der Waals surface area contributed by atoms with E-state index in [4.69, 9.17) is 4.74 Å². The molecule has 0 saturated carbocycles. The molecule has 4 rings (SSSR count). The third kappa shape index (κ3) is 4.61. The van der Waals surface area contributed by atoms with Crippen molar-refractivity contribution in [3.05, 3.63) is 52.9 Å². The molecule has 1 aliphatic heterocycles. The lowest BCUT2D eigenvalue weighted by Crippen LogP contribution is -2.39. The second-order valence-electron chi connectivity index (χ2n) is 8.38. The predicted octanol–water partition coefficient (Wildman–Crippen LogP) is 4.09. The molecule has 0 bridgehead atoms. The topological polar surface area (TPSA) is 80.0 Å². The molecule has 9 heteroatoms. The van der Waals surface area contributed by atoms with E-state index in [1.807, 2.05) is 55.8 Å². The average Bonchev–Trinajstić information content (AvgIpc) is 3.40. The van der Waals surface area contributed by atoms with Crippen LogP contribution in [-0.4, -0.2) is 57.0 Å². The Labute approximate surface area is 184 Å². The van der Waals surface area contributed by atoms with Crippen LogP contribution in [0.25, 0.3) is 11.2 Å². The zero-order chi connectivity index (χ0) is 22.2. The maximum atomic E-state index is 13.0. The van der Waals surface area contributed by atoms with Crippen LogP contribution in [0.4, 0.5) is 10.5 Å². The first-order chi connectivity index (χ1) is 14.7. The van der Waals surface area contributed by atoms with E-state index >= 15 is 0 Å². The number of rotatable bonds is 3. The van der Waals surface area contributed by atoms with Crippen molar-refractivity contribution < 1.29 is 14.3 Å². The van der Waals surface area contributed by atoms with E-state index < -0.39 is 5.60 Å². The first-order valence-corrected chi connectivity index (χ1v) is 10.9. The molecule has 162 valence electrons. The van der Waals surface area contributed by atoms with Crippen LogP contribution >= 0.6 is 11.3 Å². The number of carbonyl (C=O) groups excluding carboxylic acids is 2. The number of anilines is 1. The second-order valence-corrected chi connectivity index (χ2v) is 9.41. The summed E-state index contributed by atoms with van der Waals surface area (Å²) in [5.41, 5.74) is 2.08. The summed E-state index contributed by atoms with van der Waals surface area (Å²) in [6.07, 6.45) is 9.42. The van der Waals surface area contributed by atoms with E-state index in [2.05, 4.69) is 9.97 Å². The van der Waals surface area contributed by atoms with Gasteiger partial charge in [0, 0.05) is 50.5 Å². The molecule has 0 atom stereocenters. The van der Waals surface area contributed by atoms with Gasteiger partial charge in [0.15, 0.2) is 0 Å². The zero-order valence-corrected chi connectivity index (χ0v) is 18.8. The van der Waals surface area contributed by atoms with Gasteiger partial charge in [0.25, 0.3) is 5.91 Å². The molecule has 0 spiro atoms. The van der Waals surface area contributed by atoms with Crippen LogP contribution in [-0.2, 0) is 4.74 Å². The highest BCUT2D eigenvalue weighted by molar-refractivity contribution is 7.14. The van der Waals surface area contributed by atoms with Gasteiger partial charge in [-0.05, 0) is 38.8 Å². The summed E-state index contributed by atoms with van der Waals surface area (Å²) in [6.45, 7) is 6.60. The van der Waals surface area contributed by atoms with Gasteiger partial charge in [-0.25, -0.2) is 14.8 Å². The second kappa shape index (κ2) is 8.14. The normalized spacial score (nSPS) is 14.5. The van der Waals surface area contributed by atoms with Crippen LogP contribution in [0.15, 0.2) is 43.0 Å². The summed E-state index contributed by atoms with van der Waals surface area (Å²) in [5, 5.41) is 0.810. The van der Waals surface area contributed by atoms with Crippen LogP contribution in [0.3, 0.4) is 0 Å². The monoisotopic (exact) mass is 439 g/mol. The fourth-order valence-corrected chi connectivity index (χ4v) is 4.23. The molecule has 3 aromatic rings. The largest absolute Gasteiger partial charge is 0.444 e. The number of imidazole rings is 1. The molecular weight excluding hydrogens is 414 g/mol. The molecule has 0 aromatic carbocycles. The molecule has 1 aliphatic rings. The minimum Gasteiger partial charge on any atom is -0.444 e. The van der Waals surface area contributed by atoms with Crippen LogP contribution in [0, 0.1) is 0 Å². The summed E-state index contributed by atoms with van der Waals surface area (Å²) in [5.74, 6) is -0.119. The number of aromatic nitrogens is 3. The van der Waals surface area contributed by atoms with E-state index in [0.717, 1.165) is 21.9 Å². The number of thiazole rings is 1. The highest BCUT2D eigenvalue weighted by Crippen LogP contribution is 2.28. The third-order valence-corrected chi connectivity index (χ3v) is 5.99. The minimum absolute atomic E-state index is 0.119. The van der Waals surface area contributed by atoms with Gasteiger partial charge in [-0.15, -0.1) is 11.3 Å². The van der Waals surface area contributed by atoms with Crippen LogP contribution < -0.4 is 4.90 Å². The van der Waals surface area contributed by atoms with E-state index in [-0.39, 0.29) is 12.0 Å². The molecule has 0 unspecified atom stereocenters. The van der Waals surface area contributed by atoms with E-state index in [0.29, 0.717) is 24.4 Å². The standard InChI is InChI=1S/C22H25N5O3S/c1-22(2,3)30-21(29)27-9-5-15(6-10-27)19-24-14-17(31-19)20(28)25(4)16-7-11-26-12-8-23-18(26)13-16/h5,7-8,11-14H,6,9-10H2,1-4H3. The number of nitrogens with zero attached hydrogens (tertiary/aromatic N) is 5. The van der Waals surface area contributed by atoms with Crippen molar-refractivity contribution in [2.24, 2.45) is 0 Å². The third-order valence-electron chi connectivity index (χ3n) is 4.93. The first kappa shape index (κ1) is 21.0. The van der Waals surface area contributed by atoms with Gasteiger partial charge in [-0.2, -0.15) is 0 Å². The Kier molecular flexibility index (Phi) is 5.53. The zero-order valence-electron chi connectivity index (χ0n) is 18.0. The lowest BCUT2D eigenvalue weighted by Gasteiger charge is -2.29. The van der Waals surface area contributed by atoms with E-state index in [1.54, 1.807) is 29.2 Å². The number of hydrogen-bond donors (Lipinski definition) is 0. The van der Waals surface area contributed by atoms with Crippen molar-refractivity contribution in [1.82, 2.24) is 19.3 Å². The Bertz CT molecular complexity index is 1160. The summed E-state index contributed by atoms with van der Waals surface area (Å²) in [6, 6.07) is 3.75. The number of carbonyl (C=O) groups is 2. The lowest BCUT2D eigenvalue weighted by molar-refractivity contribution is 0.0270. The molecule has 3 aromatic heterocycles. The Morgan fingerprint density at radius 1 is 1.23 bits per heavy atom. The number of fused-ring (bicyclic) bond motifs is 1. The SMILES string of the molecule is CN(C(=O)c1cnc(C2=CCN(C(=O)OC(C)(C)C)CC2)s1)c1ccn2ccnc2c1. The van der Waals surface area contributed by atoms with Crippen LogP contribution in [0.2, 0.25) is 0 Å². The average molecular weight is 440 g/mol. The van der Waals surface area contributed by atoms with Gasteiger partial charge in [0.2, 0.25) is 0 Å².